The summed E-state index contributed by atoms with van der Waals surface area (Å²) in [4.78, 5) is 24.5. The topological polar surface area (TPSA) is 111 Å². The van der Waals surface area contributed by atoms with Gasteiger partial charge in [0, 0.05) is 19.3 Å². The minimum atomic E-state index is -4.76. The van der Waals surface area contributed by atoms with Crippen LogP contribution in [0.25, 0.3) is 11.5 Å². The van der Waals surface area contributed by atoms with Gasteiger partial charge >= 0.3 is 6.18 Å². The quantitative estimate of drug-likeness (QED) is 0.375. The van der Waals surface area contributed by atoms with E-state index < -0.39 is 33.6 Å². The summed E-state index contributed by atoms with van der Waals surface area (Å²) < 4.78 is 67.0. The van der Waals surface area contributed by atoms with Crippen LogP contribution in [0, 0.1) is 13.8 Å². The number of thioether (sulfide) groups is 1. The second-order valence-corrected chi connectivity index (χ2v) is 9.81. The first-order valence-electron chi connectivity index (χ1n) is 9.33. The smallest absolute Gasteiger partial charge is 0.272 e. The lowest BCUT2D eigenvalue weighted by Gasteiger charge is -2.20. The molecule has 0 bridgehead atoms. The average molecular weight is 501 g/mol. The molecule has 1 amide bonds. The van der Waals surface area contributed by atoms with Crippen molar-refractivity contribution >= 4 is 33.4 Å². The molecule has 3 aromatic rings. The number of alkyl halides is 3. The first-order chi connectivity index (χ1) is 15.3. The van der Waals surface area contributed by atoms with E-state index in [0.29, 0.717) is 33.5 Å². The number of halogens is 3. The second kappa shape index (κ2) is 9.09. The molecule has 0 spiro atoms. The molecule has 0 radical (unpaired) electrons. The molecule has 0 aliphatic rings. The van der Waals surface area contributed by atoms with Gasteiger partial charge in [-0.2, -0.15) is 18.3 Å². The fourth-order valence-electron chi connectivity index (χ4n) is 2.98. The Morgan fingerprint density at radius 3 is 2.42 bits per heavy atom. The first-order valence-corrected chi connectivity index (χ1v) is 12.2. The van der Waals surface area contributed by atoms with Crippen LogP contribution in [0.2, 0.25) is 0 Å². The fourth-order valence-corrected chi connectivity index (χ4v) is 4.84. The molecule has 0 aliphatic heterocycles. The molecule has 9 nitrogen and oxygen atoms in total. The van der Waals surface area contributed by atoms with Gasteiger partial charge in [0.25, 0.3) is 5.91 Å². The van der Waals surface area contributed by atoms with Crippen LogP contribution in [0.1, 0.15) is 17.1 Å². The Labute approximate surface area is 192 Å². The van der Waals surface area contributed by atoms with Crippen molar-refractivity contribution in [3.8, 4) is 11.5 Å². The van der Waals surface area contributed by atoms with E-state index >= 15 is 0 Å². The highest BCUT2D eigenvalue weighted by molar-refractivity contribution is 8.00. The fraction of sp³-hybridized carbons (Fsp3) is 0.316. The first kappa shape index (κ1) is 24.6. The highest BCUT2D eigenvalue weighted by Crippen LogP contribution is 2.32. The zero-order valence-corrected chi connectivity index (χ0v) is 19.6. The number of aryl methyl sites for hydroxylation is 2. The summed E-state index contributed by atoms with van der Waals surface area (Å²) >= 11 is 0.664. The molecule has 0 saturated heterocycles. The number of rotatable bonds is 6. The van der Waals surface area contributed by atoms with E-state index in [-0.39, 0.29) is 22.2 Å². The molecule has 0 aliphatic carbocycles. The van der Waals surface area contributed by atoms with Crippen LogP contribution in [0.4, 0.5) is 18.9 Å². The van der Waals surface area contributed by atoms with Crippen molar-refractivity contribution < 1.29 is 26.4 Å². The van der Waals surface area contributed by atoms with Gasteiger partial charge in [0.05, 0.1) is 23.4 Å². The monoisotopic (exact) mass is 500 g/mol. The van der Waals surface area contributed by atoms with E-state index in [0.717, 1.165) is 6.26 Å². The van der Waals surface area contributed by atoms with E-state index in [1.54, 1.807) is 33.0 Å². The average Bonchev–Trinajstić information content (AvgIpc) is 2.97. The van der Waals surface area contributed by atoms with Gasteiger partial charge in [-0.1, -0.05) is 17.8 Å². The van der Waals surface area contributed by atoms with Crippen LogP contribution in [0.5, 0.6) is 0 Å². The summed E-state index contributed by atoms with van der Waals surface area (Å²) in [6.07, 6.45) is -2.50. The Kier molecular flexibility index (Phi) is 6.79. The zero-order valence-electron chi connectivity index (χ0n) is 18.0. The minimum absolute atomic E-state index is 0.110. The highest BCUT2D eigenvalue weighted by atomic mass is 32.2. The molecule has 0 unspecified atom stereocenters. The molecule has 33 heavy (non-hydrogen) atoms. The number of pyridine rings is 1. The van der Waals surface area contributed by atoms with Crippen molar-refractivity contribution in [1.29, 1.82) is 0 Å². The molecule has 0 fully saturated rings. The molecule has 0 N–H and O–H groups in total. The molecule has 3 heterocycles. The molecule has 176 valence electrons. The van der Waals surface area contributed by atoms with Gasteiger partial charge in [-0.25, -0.2) is 22.7 Å². The van der Waals surface area contributed by atoms with Gasteiger partial charge in [0.2, 0.25) is 10.0 Å². The summed E-state index contributed by atoms with van der Waals surface area (Å²) in [7, 11) is -2.44. The van der Waals surface area contributed by atoms with Crippen molar-refractivity contribution in [1.82, 2.24) is 24.7 Å². The molecule has 14 heteroatoms. The number of anilines is 1. The van der Waals surface area contributed by atoms with E-state index in [1.165, 1.54) is 16.9 Å². The summed E-state index contributed by atoms with van der Waals surface area (Å²) in [5, 5.41) is 3.98. The largest absolute Gasteiger partial charge is 0.433 e. The van der Waals surface area contributed by atoms with Crippen LogP contribution in [0.15, 0.2) is 35.5 Å². The van der Waals surface area contributed by atoms with Crippen LogP contribution in [-0.4, -0.2) is 51.1 Å². The predicted octanol–water partition coefficient (Wildman–Crippen LogP) is 2.99. The summed E-state index contributed by atoms with van der Waals surface area (Å²) in [6, 6.07) is 5.32. The number of nitrogens with zero attached hydrogens (tertiary/aromatic N) is 6. The van der Waals surface area contributed by atoms with E-state index in [2.05, 4.69) is 20.1 Å². The van der Waals surface area contributed by atoms with Crippen molar-refractivity contribution in [2.75, 3.05) is 16.3 Å². The lowest BCUT2D eigenvalue weighted by Crippen LogP contribution is -2.38. The Hall–Kier alpha value is -3.00. The number of hydrogen-bond acceptors (Lipinski definition) is 8. The van der Waals surface area contributed by atoms with Crippen molar-refractivity contribution in [2.45, 2.75) is 25.0 Å². The van der Waals surface area contributed by atoms with Crippen LogP contribution < -0.4 is 4.31 Å². The number of carbonyl (C=O) groups is 1. The summed E-state index contributed by atoms with van der Waals surface area (Å²) in [5.74, 6) is -1.61. The Bertz CT molecular complexity index is 1290. The van der Waals surface area contributed by atoms with Crippen molar-refractivity contribution in [3.05, 3.63) is 47.5 Å². The number of hydrogen-bond donors (Lipinski definition) is 0. The third-order valence-electron chi connectivity index (χ3n) is 4.46. The van der Waals surface area contributed by atoms with Gasteiger partial charge in [-0.05, 0) is 26.0 Å². The predicted molar refractivity (Wildman–Crippen MR) is 116 cm³/mol. The molecule has 0 saturated carbocycles. The van der Waals surface area contributed by atoms with E-state index in [1.807, 2.05) is 0 Å². The van der Waals surface area contributed by atoms with Gasteiger partial charge < -0.3 is 0 Å². The van der Waals surface area contributed by atoms with Crippen LogP contribution in [-0.2, 0) is 28.0 Å². The molecule has 3 aromatic heterocycles. The Balaban J connectivity index is 1.95. The van der Waals surface area contributed by atoms with E-state index in [4.69, 9.17) is 0 Å². The molecule has 0 atom stereocenters. The van der Waals surface area contributed by atoms with Crippen LogP contribution >= 0.6 is 11.8 Å². The van der Waals surface area contributed by atoms with Gasteiger partial charge in [-0.15, -0.1) is 0 Å². The van der Waals surface area contributed by atoms with Crippen molar-refractivity contribution in [3.63, 3.8) is 0 Å². The number of carbonyl (C=O) groups excluding carboxylic acids is 1. The highest BCUT2D eigenvalue weighted by Gasteiger charge is 2.35. The maximum atomic E-state index is 13.4. The second-order valence-electron chi connectivity index (χ2n) is 6.98. The van der Waals surface area contributed by atoms with Crippen LogP contribution in [0.3, 0.4) is 0 Å². The van der Waals surface area contributed by atoms with Gasteiger partial charge in [0.15, 0.2) is 5.82 Å². The molecular weight excluding hydrogens is 481 g/mol. The normalized spacial score (nSPS) is 12.1. The summed E-state index contributed by atoms with van der Waals surface area (Å²) in [5.41, 5.74) is -0.214. The summed E-state index contributed by atoms with van der Waals surface area (Å²) in [6.45, 7) is 3.16. The number of amides is 1. The minimum Gasteiger partial charge on any atom is -0.272 e. The Morgan fingerprint density at radius 1 is 1.21 bits per heavy atom. The standard InChI is InChI=1S/C19H19F3N6O3S2/c1-11-17(12(2)27(3)26-11)28(33(4,30)31)16(29)10-32-15-9-14(19(20,21)22)24-18(25-15)13-7-5-6-8-23-13/h5-9H,10H2,1-4H3. The third-order valence-corrected chi connectivity index (χ3v) is 6.41. The molecule has 0 aromatic carbocycles. The maximum Gasteiger partial charge on any atom is 0.433 e. The zero-order chi connectivity index (χ0) is 24.6. The third kappa shape index (κ3) is 5.50. The SMILES string of the molecule is Cc1nn(C)c(C)c1N(C(=O)CSc1cc(C(F)(F)F)nc(-c2ccccn2)n1)S(C)(=O)=O. The van der Waals surface area contributed by atoms with E-state index in [9.17, 15) is 26.4 Å². The van der Waals surface area contributed by atoms with Gasteiger partial charge in [0.1, 0.15) is 22.1 Å². The molecule has 3 rings (SSSR count). The van der Waals surface area contributed by atoms with Crippen molar-refractivity contribution in [2.24, 2.45) is 7.05 Å². The lowest BCUT2D eigenvalue weighted by molar-refractivity contribution is -0.141. The lowest BCUT2D eigenvalue weighted by atomic mass is 10.3. The van der Waals surface area contributed by atoms with Gasteiger partial charge in [-0.3, -0.25) is 14.5 Å². The number of aromatic nitrogens is 5. The maximum absolute atomic E-state index is 13.4. The Morgan fingerprint density at radius 2 is 1.91 bits per heavy atom. The molecular formula is C19H19F3N6O3S2. The number of sulfonamides is 1.